The van der Waals surface area contributed by atoms with Crippen LogP contribution in [0.1, 0.15) is 44.5 Å². The van der Waals surface area contributed by atoms with Crippen molar-refractivity contribution in [2.75, 3.05) is 0 Å². The van der Waals surface area contributed by atoms with Crippen LogP contribution in [0.15, 0.2) is 84.9 Å². The number of hydrogen-bond donors (Lipinski definition) is 2. The van der Waals surface area contributed by atoms with Crippen LogP contribution in [0.25, 0.3) is 0 Å². The number of aromatic hydroxyl groups is 2. The Kier molecular flexibility index (Phi) is 6.48. The lowest BCUT2D eigenvalue weighted by molar-refractivity contribution is -0.139. The molecule has 4 aromatic rings. The molecule has 0 saturated heterocycles. The van der Waals surface area contributed by atoms with Gasteiger partial charge in [0.25, 0.3) is 0 Å². The zero-order valence-corrected chi connectivity index (χ0v) is 19.7. The Morgan fingerprint density at radius 1 is 0.459 bits per heavy atom. The fourth-order valence-corrected chi connectivity index (χ4v) is 4.93. The van der Waals surface area contributed by atoms with Crippen molar-refractivity contribution >= 4 is 0 Å². The summed E-state index contributed by atoms with van der Waals surface area (Å²) in [6.07, 6.45) is -9.48. The summed E-state index contributed by atoms with van der Waals surface area (Å²) in [4.78, 5) is 0. The van der Waals surface area contributed by atoms with Crippen molar-refractivity contribution in [1.29, 1.82) is 0 Å². The molecule has 192 valence electrons. The highest BCUT2D eigenvalue weighted by atomic mass is 19.4. The van der Waals surface area contributed by atoms with E-state index in [1.54, 1.807) is 60.7 Å². The quantitative estimate of drug-likeness (QED) is 0.212. The third kappa shape index (κ3) is 4.30. The normalized spacial score (nSPS) is 12.5. The van der Waals surface area contributed by atoms with E-state index < -0.39 is 51.5 Å². The van der Waals surface area contributed by atoms with E-state index in [-0.39, 0.29) is 11.1 Å². The standard InChI is InChI=1S/C29H22F6O2/c1-17-21(28(30,31)32)13-15-23(25(17)36)27(19-9-5-3-6-10-19,20-11-7-4-8-12-20)24-16-14-22(29(33,34)35)18(2)26(24)37/h3-16,36-37H,1-2H3. The first-order valence-electron chi connectivity index (χ1n) is 11.2. The van der Waals surface area contributed by atoms with Crippen LogP contribution in [0.4, 0.5) is 26.3 Å². The number of halogens is 6. The van der Waals surface area contributed by atoms with E-state index >= 15 is 0 Å². The van der Waals surface area contributed by atoms with Gasteiger partial charge in [0, 0.05) is 22.3 Å². The van der Waals surface area contributed by atoms with Crippen molar-refractivity contribution in [3.8, 4) is 11.5 Å². The first kappa shape index (κ1) is 26.1. The van der Waals surface area contributed by atoms with Gasteiger partial charge in [-0.05, 0) is 37.1 Å². The van der Waals surface area contributed by atoms with Crippen molar-refractivity contribution in [3.05, 3.63) is 129 Å². The van der Waals surface area contributed by atoms with Gasteiger partial charge in [-0.15, -0.1) is 0 Å². The van der Waals surface area contributed by atoms with Gasteiger partial charge in [0.2, 0.25) is 0 Å². The fourth-order valence-electron chi connectivity index (χ4n) is 4.93. The second-order valence-corrected chi connectivity index (χ2v) is 8.75. The molecule has 0 aliphatic rings. The van der Waals surface area contributed by atoms with Gasteiger partial charge in [-0.1, -0.05) is 72.8 Å². The van der Waals surface area contributed by atoms with E-state index in [0.717, 1.165) is 38.1 Å². The van der Waals surface area contributed by atoms with Crippen LogP contribution < -0.4 is 0 Å². The van der Waals surface area contributed by atoms with Crippen molar-refractivity contribution in [2.24, 2.45) is 0 Å². The maximum Gasteiger partial charge on any atom is 0.416 e. The average molecular weight is 516 g/mol. The van der Waals surface area contributed by atoms with Crippen molar-refractivity contribution < 1.29 is 36.6 Å². The molecule has 0 aliphatic heterocycles. The van der Waals surface area contributed by atoms with E-state index in [0.29, 0.717) is 11.1 Å². The maximum atomic E-state index is 13.6. The molecule has 0 radical (unpaired) electrons. The van der Waals surface area contributed by atoms with Gasteiger partial charge < -0.3 is 10.2 Å². The summed E-state index contributed by atoms with van der Waals surface area (Å²) in [7, 11) is 0. The van der Waals surface area contributed by atoms with Crippen LogP contribution in [-0.2, 0) is 17.8 Å². The molecule has 0 spiro atoms. The first-order chi connectivity index (χ1) is 17.3. The van der Waals surface area contributed by atoms with E-state index in [4.69, 9.17) is 0 Å². The third-order valence-electron chi connectivity index (χ3n) is 6.69. The Balaban J connectivity index is 2.22. The topological polar surface area (TPSA) is 40.5 Å². The second kappa shape index (κ2) is 9.18. The summed E-state index contributed by atoms with van der Waals surface area (Å²) in [6.45, 7) is 2.25. The number of phenolic OH excluding ortho intramolecular Hbond substituents is 2. The Labute approximate surface area is 209 Å². The van der Waals surface area contributed by atoms with Gasteiger partial charge in [0.05, 0.1) is 16.5 Å². The average Bonchev–Trinajstić information content (AvgIpc) is 2.84. The van der Waals surface area contributed by atoms with Crippen LogP contribution in [0.3, 0.4) is 0 Å². The molecular formula is C29H22F6O2. The van der Waals surface area contributed by atoms with Crippen LogP contribution in [-0.4, -0.2) is 10.2 Å². The molecule has 37 heavy (non-hydrogen) atoms. The molecule has 8 heteroatoms. The predicted octanol–water partition coefficient (Wildman–Crippen LogP) is 8.13. The lowest BCUT2D eigenvalue weighted by atomic mass is 9.63. The Morgan fingerprint density at radius 3 is 1.05 bits per heavy atom. The molecule has 0 amide bonds. The Morgan fingerprint density at radius 2 is 0.757 bits per heavy atom. The zero-order chi connectivity index (χ0) is 27.2. The number of hydrogen-bond acceptors (Lipinski definition) is 2. The number of benzene rings is 4. The van der Waals surface area contributed by atoms with E-state index in [9.17, 15) is 36.6 Å². The molecule has 4 aromatic carbocycles. The molecular weight excluding hydrogens is 494 g/mol. The van der Waals surface area contributed by atoms with Crippen LogP contribution >= 0.6 is 0 Å². The smallest absolute Gasteiger partial charge is 0.416 e. The molecule has 2 N–H and O–H groups in total. The minimum absolute atomic E-state index is 0.0233. The molecule has 0 heterocycles. The summed E-state index contributed by atoms with van der Waals surface area (Å²) in [5.41, 5.74) is -3.84. The molecule has 0 fully saturated rings. The first-order valence-corrected chi connectivity index (χ1v) is 11.2. The lowest BCUT2D eigenvalue weighted by Crippen LogP contribution is -2.32. The molecule has 0 atom stereocenters. The van der Waals surface area contributed by atoms with Crippen LogP contribution in [0, 0.1) is 13.8 Å². The van der Waals surface area contributed by atoms with Gasteiger partial charge in [-0.25, -0.2) is 0 Å². The summed E-state index contributed by atoms with van der Waals surface area (Å²) < 4.78 is 81.8. The zero-order valence-electron chi connectivity index (χ0n) is 19.7. The van der Waals surface area contributed by atoms with Crippen molar-refractivity contribution in [1.82, 2.24) is 0 Å². The summed E-state index contributed by atoms with van der Waals surface area (Å²) in [5.74, 6) is -1.36. The minimum atomic E-state index is -4.74. The monoisotopic (exact) mass is 516 g/mol. The molecule has 4 rings (SSSR count). The molecule has 0 saturated carbocycles. The summed E-state index contributed by atoms with van der Waals surface area (Å²) in [6, 6.07) is 20.5. The number of rotatable bonds is 4. The highest BCUT2D eigenvalue weighted by molar-refractivity contribution is 5.68. The lowest BCUT2D eigenvalue weighted by Gasteiger charge is -2.38. The number of alkyl halides is 6. The van der Waals surface area contributed by atoms with Gasteiger partial charge in [0.1, 0.15) is 11.5 Å². The molecule has 2 nitrogen and oxygen atoms in total. The van der Waals surface area contributed by atoms with Crippen molar-refractivity contribution in [2.45, 2.75) is 31.6 Å². The Bertz CT molecular complexity index is 1310. The predicted molar refractivity (Wildman–Crippen MR) is 128 cm³/mol. The van der Waals surface area contributed by atoms with E-state index in [1.807, 2.05) is 0 Å². The van der Waals surface area contributed by atoms with Gasteiger partial charge >= 0.3 is 12.4 Å². The second-order valence-electron chi connectivity index (χ2n) is 8.75. The van der Waals surface area contributed by atoms with Gasteiger partial charge in [-0.3, -0.25) is 0 Å². The van der Waals surface area contributed by atoms with Crippen LogP contribution in [0.5, 0.6) is 11.5 Å². The third-order valence-corrected chi connectivity index (χ3v) is 6.69. The summed E-state index contributed by atoms with van der Waals surface area (Å²) in [5, 5.41) is 22.5. The number of phenols is 2. The van der Waals surface area contributed by atoms with Crippen LogP contribution in [0.2, 0.25) is 0 Å². The van der Waals surface area contributed by atoms with Gasteiger partial charge in [0.15, 0.2) is 0 Å². The largest absolute Gasteiger partial charge is 0.507 e. The Hall–Kier alpha value is -3.94. The fraction of sp³-hybridized carbons (Fsp3) is 0.172. The highest BCUT2D eigenvalue weighted by Gasteiger charge is 2.45. The SMILES string of the molecule is Cc1c(C(F)(F)F)ccc(C(c2ccccc2)(c2ccccc2)c2ccc(C(F)(F)F)c(C)c2O)c1O. The van der Waals surface area contributed by atoms with Gasteiger partial charge in [-0.2, -0.15) is 26.3 Å². The van der Waals surface area contributed by atoms with Crippen molar-refractivity contribution in [3.63, 3.8) is 0 Å². The van der Waals surface area contributed by atoms with E-state index in [2.05, 4.69) is 0 Å². The minimum Gasteiger partial charge on any atom is -0.507 e. The maximum absolute atomic E-state index is 13.6. The molecule has 0 bridgehead atoms. The van der Waals surface area contributed by atoms with E-state index in [1.165, 1.54) is 0 Å². The molecule has 0 unspecified atom stereocenters. The highest BCUT2D eigenvalue weighted by Crippen LogP contribution is 2.53. The summed E-state index contributed by atoms with van der Waals surface area (Å²) >= 11 is 0. The molecule has 0 aromatic heterocycles. The molecule has 0 aliphatic carbocycles.